The van der Waals surface area contributed by atoms with Gasteiger partial charge in [-0.3, -0.25) is 4.90 Å². The number of alkyl halides is 3. The Hall–Kier alpha value is -1.34. The third kappa shape index (κ3) is 3.70. The fraction of sp³-hybridized carbons (Fsp3) is 0.667. The maximum atomic E-state index is 12.7. The molecule has 7 heteroatoms. The molecule has 0 aromatic carbocycles. The van der Waals surface area contributed by atoms with Crippen LogP contribution < -0.4 is 4.90 Å². The molecular formula is C15H20F3N3O. The lowest BCUT2D eigenvalue weighted by molar-refractivity contribution is -0.141. The number of halogens is 3. The van der Waals surface area contributed by atoms with Crippen LogP contribution in [0.15, 0.2) is 18.2 Å². The summed E-state index contributed by atoms with van der Waals surface area (Å²) in [4.78, 5) is 7.99. The molecule has 0 bridgehead atoms. The van der Waals surface area contributed by atoms with Crippen LogP contribution in [0.1, 0.15) is 18.5 Å². The zero-order valence-corrected chi connectivity index (χ0v) is 12.4. The van der Waals surface area contributed by atoms with Crippen LogP contribution >= 0.6 is 0 Å². The summed E-state index contributed by atoms with van der Waals surface area (Å²) in [5.41, 5.74) is -0.827. The summed E-state index contributed by atoms with van der Waals surface area (Å²) in [5, 5.41) is 0. The molecular weight excluding hydrogens is 295 g/mol. The van der Waals surface area contributed by atoms with Crippen LogP contribution in [0.2, 0.25) is 0 Å². The smallest absolute Gasteiger partial charge is 0.377 e. The molecule has 0 N–H and O–H groups in total. The summed E-state index contributed by atoms with van der Waals surface area (Å²) in [6, 6.07) is 4.08. The highest BCUT2D eigenvalue weighted by molar-refractivity contribution is 5.40. The molecule has 1 unspecified atom stereocenters. The Morgan fingerprint density at radius 3 is 2.59 bits per heavy atom. The molecule has 2 aliphatic heterocycles. The van der Waals surface area contributed by atoms with Gasteiger partial charge in [-0.2, -0.15) is 13.2 Å². The van der Waals surface area contributed by atoms with Gasteiger partial charge in [0.05, 0.1) is 6.10 Å². The van der Waals surface area contributed by atoms with Crippen LogP contribution in [0, 0.1) is 0 Å². The number of ether oxygens (including phenoxy) is 1. The average molecular weight is 315 g/mol. The summed E-state index contributed by atoms with van der Waals surface area (Å²) in [7, 11) is 0. The van der Waals surface area contributed by atoms with Gasteiger partial charge >= 0.3 is 6.18 Å². The van der Waals surface area contributed by atoms with E-state index in [1.807, 2.05) is 4.90 Å². The molecule has 3 rings (SSSR count). The Bertz CT molecular complexity index is 495. The molecule has 1 atom stereocenters. The van der Waals surface area contributed by atoms with Gasteiger partial charge < -0.3 is 9.64 Å². The van der Waals surface area contributed by atoms with Gasteiger partial charge in [0.2, 0.25) is 0 Å². The molecule has 122 valence electrons. The van der Waals surface area contributed by atoms with Crippen molar-refractivity contribution in [3.63, 3.8) is 0 Å². The highest BCUT2D eigenvalue weighted by Gasteiger charge is 2.33. The van der Waals surface area contributed by atoms with Crippen LogP contribution in [0.4, 0.5) is 19.0 Å². The normalized spacial score (nSPS) is 24.0. The quantitative estimate of drug-likeness (QED) is 0.856. The maximum absolute atomic E-state index is 12.7. The predicted molar refractivity (Wildman–Crippen MR) is 76.9 cm³/mol. The van der Waals surface area contributed by atoms with E-state index in [-0.39, 0.29) is 0 Å². The van der Waals surface area contributed by atoms with Crippen molar-refractivity contribution in [1.82, 2.24) is 9.88 Å². The summed E-state index contributed by atoms with van der Waals surface area (Å²) in [6.07, 6.45) is -1.84. The molecule has 0 aliphatic carbocycles. The minimum atomic E-state index is -4.39. The number of piperazine rings is 1. The molecule has 2 aliphatic rings. The number of rotatable bonds is 3. The van der Waals surface area contributed by atoms with E-state index in [4.69, 9.17) is 4.74 Å². The lowest BCUT2D eigenvalue weighted by Crippen LogP contribution is -2.48. The summed E-state index contributed by atoms with van der Waals surface area (Å²) in [6.45, 7) is 4.82. The van der Waals surface area contributed by atoms with Gasteiger partial charge in [-0.1, -0.05) is 6.07 Å². The molecule has 0 saturated carbocycles. The second-order valence-corrected chi connectivity index (χ2v) is 5.80. The van der Waals surface area contributed by atoms with E-state index in [1.54, 1.807) is 6.07 Å². The Morgan fingerprint density at radius 1 is 1.18 bits per heavy atom. The lowest BCUT2D eigenvalue weighted by atomic mass is 10.2. The van der Waals surface area contributed by atoms with Gasteiger partial charge in [0.15, 0.2) is 0 Å². The first-order chi connectivity index (χ1) is 10.5. The van der Waals surface area contributed by atoms with Gasteiger partial charge in [-0.25, -0.2) is 4.98 Å². The van der Waals surface area contributed by atoms with Crippen molar-refractivity contribution >= 4 is 5.82 Å². The molecule has 4 nitrogen and oxygen atoms in total. The first kappa shape index (κ1) is 15.6. The van der Waals surface area contributed by atoms with Crippen molar-refractivity contribution in [2.24, 2.45) is 0 Å². The molecule has 1 aromatic heterocycles. The maximum Gasteiger partial charge on any atom is 0.433 e. The minimum absolute atomic E-state index is 0.318. The van der Waals surface area contributed by atoms with E-state index in [1.165, 1.54) is 6.07 Å². The molecule has 22 heavy (non-hydrogen) atoms. The summed E-state index contributed by atoms with van der Waals surface area (Å²) < 4.78 is 43.8. The number of anilines is 1. The summed E-state index contributed by atoms with van der Waals surface area (Å²) in [5.74, 6) is 0.409. The fourth-order valence-electron chi connectivity index (χ4n) is 2.99. The van der Waals surface area contributed by atoms with E-state index in [0.29, 0.717) is 25.0 Å². The van der Waals surface area contributed by atoms with Gasteiger partial charge in [-0.05, 0) is 25.0 Å². The standard InChI is InChI=1S/C15H20F3N3O/c16-15(17,18)13-4-1-5-14(19-13)21-8-6-20(7-9-21)11-12-3-2-10-22-12/h1,4-5,12H,2-3,6-11H2. The molecule has 0 amide bonds. The third-order valence-corrected chi connectivity index (χ3v) is 4.21. The summed E-state index contributed by atoms with van der Waals surface area (Å²) >= 11 is 0. The average Bonchev–Trinajstić information content (AvgIpc) is 3.00. The topological polar surface area (TPSA) is 28.6 Å². The first-order valence-electron chi connectivity index (χ1n) is 7.65. The van der Waals surface area contributed by atoms with Gasteiger partial charge in [0.25, 0.3) is 0 Å². The van der Waals surface area contributed by atoms with Crippen molar-refractivity contribution < 1.29 is 17.9 Å². The van der Waals surface area contributed by atoms with E-state index < -0.39 is 11.9 Å². The second-order valence-electron chi connectivity index (χ2n) is 5.80. The Labute approximate surface area is 127 Å². The number of aromatic nitrogens is 1. The highest BCUT2D eigenvalue weighted by Crippen LogP contribution is 2.29. The number of hydrogen-bond acceptors (Lipinski definition) is 4. The monoisotopic (exact) mass is 315 g/mol. The highest BCUT2D eigenvalue weighted by atomic mass is 19.4. The number of pyridine rings is 1. The van der Waals surface area contributed by atoms with E-state index >= 15 is 0 Å². The van der Waals surface area contributed by atoms with E-state index in [0.717, 1.165) is 45.1 Å². The molecule has 1 aromatic rings. The Kier molecular flexibility index (Phi) is 4.54. The van der Waals surface area contributed by atoms with E-state index in [9.17, 15) is 13.2 Å². The van der Waals surface area contributed by atoms with Crippen LogP contribution in [-0.4, -0.2) is 55.3 Å². The first-order valence-corrected chi connectivity index (χ1v) is 7.65. The predicted octanol–water partition coefficient (Wildman–Crippen LogP) is 2.40. The van der Waals surface area contributed by atoms with Crippen molar-refractivity contribution in [3.05, 3.63) is 23.9 Å². The van der Waals surface area contributed by atoms with Gasteiger partial charge in [-0.15, -0.1) is 0 Å². The SMILES string of the molecule is FC(F)(F)c1cccc(N2CCN(CC3CCCO3)CC2)n1. The number of nitrogens with zero attached hydrogens (tertiary/aromatic N) is 3. The van der Waals surface area contributed by atoms with Crippen LogP contribution in [0.3, 0.4) is 0 Å². The molecule has 0 radical (unpaired) electrons. The van der Waals surface area contributed by atoms with Crippen LogP contribution in [0.5, 0.6) is 0 Å². The van der Waals surface area contributed by atoms with Crippen molar-refractivity contribution in [2.75, 3.05) is 44.2 Å². The molecule has 3 heterocycles. The van der Waals surface area contributed by atoms with E-state index in [2.05, 4.69) is 9.88 Å². The van der Waals surface area contributed by atoms with Crippen molar-refractivity contribution in [1.29, 1.82) is 0 Å². The van der Waals surface area contributed by atoms with Gasteiger partial charge in [0, 0.05) is 39.3 Å². The Morgan fingerprint density at radius 2 is 1.95 bits per heavy atom. The van der Waals surface area contributed by atoms with Crippen LogP contribution in [0.25, 0.3) is 0 Å². The third-order valence-electron chi connectivity index (χ3n) is 4.21. The molecule has 2 saturated heterocycles. The zero-order valence-electron chi connectivity index (χ0n) is 12.4. The fourth-order valence-corrected chi connectivity index (χ4v) is 2.99. The Balaban J connectivity index is 1.57. The van der Waals surface area contributed by atoms with Crippen molar-refractivity contribution in [2.45, 2.75) is 25.1 Å². The van der Waals surface area contributed by atoms with Gasteiger partial charge in [0.1, 0.15) is 11.5 Å². The zero-order chi connectivity index (χ0) is 15.6. The van der Waals surface area contributed by atoms with Crippen LogP contribution in [-0.2, 0) is 10.9 Å². The molecule has 2 fully saturated rings. The minimum Gasteiger partial charge on any atom is -0.377 e. The second kappa shape index (κ2) is 6.42. The lowest BCUT2D eigenvalue weighted by Gasteiger charge is -2.36. The number of hydrogen-bond donors (Lipinski definition) is 0. The largest absolute Gasteiger partial charge is 0.433 e. The van der Waals surface area contributed by atoms with Crippen molar-refractivity contribution in [3.8, 4) is 0 Å². The molecule has 0 spiro atoms.